The van der Waals surface area contributed by atoms with Gasteiger partial charge < -0.3 is 39.9 Å². The van der Waals surface area contributed by atoms with E-state index in [2.05, 4.69) is 80.2 Å². The number of alkyl carbamates (subject to hydrolysis) is 2. The highest BCUT2D eigenvalue weighted by atomic mass is 16.5. The van der Waals surface area contributed by atoms with Crippen LogP contribution >= 0.6 is 0 Å². The van der Waals surface area contributed by atoms with Crippen LogP contribution in [0.4, 0.5) is 9.59 Å². The number of benzene rings is 3. The third kappa shape index (κ3) is 8.27. The van der Waals surface area contributed by atoms with Crippen LogP contribution in [0.2, 0.25) is 0 Å². The molecule has 1 aliphatic carbocycles. The molecule has 0 radical (unpaired) electrons. The number of methoxy groups -OCH3 is 2. The van der Waals surface area contributed by atoms with Crippen molar-refractivity contribution in [1.82, 2.24) is 40.4 Å². The molecule has 3 aromatic carbocycles. The van der Waals surface area contributed by atoms with Crippen LogP contribution in [0.15, 0.2) is 73.1 Å². The first-order valence-corrected chi connectivity index (χ1v) is 20.9. The molecule has 8 rings (SSSR count). The van der Waals surface area contributed by atoms with Gasteiger partial charge in [-0.25, -0.2) is 19.6 Å². The number of imidazole rings is 2. The van der Waals surface area contributed by atoms with E-state index in [0.29, 0.717) is 25.2 Å². The number of aromatic amines is 2. The fourth-order valence-corrected chi connectivity index (χ4v) is 8.86. The number of nitrogens with one attached hydrogen (secondary N) is 4. The molecule has 2 aromatic heterocycles. The van der Waals surface area contributed by atoms with Crippen molar-refractivity contribution in [3.8, 4) is 39.7 Å². The van der Waals surface area contributed by atoms with Crippen molar-refractivity contribution in [2.24, 2.45) is 17.3 Å². The number of H-pyrrole nitrogens is 2. The standard InChI is InChI=1S/C46H51N9O6/c1-6-34(52-44(58)60-4)42(56)54-24-27(21-47)17-37(54)40-48-22-35(50-40)29-9-7-28(8-10-29)30-11-12-32-19-33(14-13-31(32)18-30)36-23-49-41(51-36)38-20-46(15-16-46)25-55(38)43(57)39(26(2)3)53-45(59)61-5/h7-14,18-19,22-23,26-27,34,37-39H,6,15-17,20,24-25H2,1-5H3,(H,48,50)(H,49,51)(H,52,58)(H,53,59)/t27-,34+,37+,38+,39?/m1/s1. The molecule has 0 bridgehead atoms. The Morgan fingerprint density at radius 2 is 1.38 bits per heavy atom. The molecule has 5 aromatic rings. The molecule has 15 nitrogen and oxygen atoms in total. The van der Waals surface area contributed by atoms with Crippen molar-refractivity contribution in [2.45, 2.75) is 77.0 Å². The maximum Gasteiger partial charge on any atom is 0.407 e. The summed E-state index contributed by atoms with van der Waals surface area (Å²) >= 11 is 0. The maximum atomic E-state index is 13.9. The molecular weight excluding hydrogens is 775 g/mol. The zero-order valence-corrected chi connectivity index (χ0v) is 35.0. The van der Waals surface area contributed by atoms with Crippen molar-refractivity contribution in [3.05, 3.63) is 84.7 Å². The van der Waals surface area contributed by atoms with Crippen LogP contribution in [0, 0.1) is 28.6 Å². The van der Waals surface area contributed by atoms with Crippen molar-refractivity contribution in [1.29, 1.82) is 5.26 Å². The Kier molecular flexibility index (Phi) is 11.3. The van der Waals surface area contributed by atoms with Gasteiger partial charge in [-0.2, -0.15) is 5.26 Å². The van der Waals surface area contributed by atoms with Gasteiger partial charge in [0.1, 0.15) is 23.7 Å². The average molecular weight is 826 g/mol. The molecule has 1 spiro atoms. The lowest BCUT2D eigenvalue weighted by Crippen LogP contribution is -2.51. The number of likely N-dealkylation sites (tertiary alicyclic amines) is 2. The fraction of sp³-hybridized carbons (Fsp3) is 0.413. The van der Waals surface area contributed by atoms with E-state index in [1.807, 2.05) is 44.0 Å². The average Bonchev–Trinajstić information content (AvgIpc) is 3.78. The Morgan fingerprint density at radius 1 is 0.803 bits per heavy atom. The molecule has 316 valence electrons. The number of amides is 4. The number of nitrogens with zero attached hydrogens (tertiary/aromatic N) is 5. The highest BCUT2D eigenvalue weighted by Crippen LogP contribution is 2.58. The van der Waals surface area contributed by atoms with Crippen molar-refractivity contribution >= 4 is 34.8 Å². The number of carbonyl (C=O) groups excluding carboxylic acids is 4. The molecule has 2 saturated heterocycles. The number of hydrogen-bond donors (Lipinski definition) is 4. The Hall–Kier alpha value is -6.69. The van der Waals surface area contributed by atoms with Gasteiger partial charge in [0.25, 0.3) is 0 Å². The largest absolute Gasteiger partial charge is 0.453 e. The molecular formula is C46H51N9O6. The minimum atomic E-state index is -0.775. The van der Waals surface area contributed by atoms with Gasteiger partial charge in [-0.15, -0.1) is 0 Å². The second kappa shape index (κ2) is 16.8. The first-order chi connectivity index (χ1) is 29.4. The summed E-state index contributed by atoms with van der Waals surface area (Å²) in [4.78, 5) is 71.3. The molecule has 4 N–H and O–H groups in total. The van der Waals surface area contributed by atoms with Gasteiger partial charge in [-0.1, -0.05) is 69.3 Å². The first-order valence-electron chi connectivity index (χ1n) is 20.9. The van der Waals surface area contributed by atoms with Crippen LogP contribution in [0.1, 0.15) is 76.6 Å². The van der Waals surface area contributed by atoms with E-state index in [9.17, 15) is 24.4 Å². The molecule has 1 unspecified atom stereocenters. The summed E-state index contributed by atoms with van der Waals surface area (Å²) in [6.45, 7) is 6.55. The normalized spacial score (nSPS) is 20.0. The predicted molar refractivity (Wildman–Crippen MR) is 227 cm³/mol. The number of hydrogen-bond acceptors (Lipinski definition) is 9. The van der Waals surface area contributed by atoms with Gasteiger partial charge in [-0.3, -0.25) is 9.59 Å². The van der Waals surface area contributed by atoms with Gasteiger partial charge in [0.05, 0.1) is 62.1 Å². The van der Waals surface area contributed by atoms with E-state index in [-0.39, 0.29) is 41.7 Å². The molecule has 5 atom stereocenters. The topological polar surface area (TPSA) is 198 Å². The van der Waals surface area contributed by atoms with Crippen LogP contribution in [0.5, 0.6) is 0 Å². The van der Waals surface area contributed by atoms with Gasteiger partial charge in [0.2, 0.25) is 11.8 Å². The third-order valence-corrected chi connectivity index (χ3v) is 12.6. The van der Waals surface area contributed by atoms with E-state index in [1.54, 1.807) is 11.1 Å². The van der Waals surface area contributed by atoms with Gasteiger partial charge in [0.15, 0.2) is 0 Å². The second-order valence-electron chi connectivity index (χ2n) is 16.9. The van der Waals surface area contributed by atoms with Gasteiger partial charge in [0, 0.05) is 18.7 Å². The Morgan fingerprint density at radius 3 is 1.98 bits per heavy atom. The predicted octanol–water partition coefficient (Wildman–Crippen LogP) is 7.27. The summed E-state index contributed by atoms with van der Waals surface area (Å²) in [5, 5.41) is 17.2. The second-order valence-corrected chi connectivity index (χ2v) is 16.9. The van der Waals surface area contributed by atoms with Gasteiger partial charge in [-0.05, 0) is 83.0 Å². The minimum Gasteiger partial charge on any atom is -0.453 e. The Labute approximate surface area is 354 Å². The molecule has 3 fully saturated rings. The van der Waals surface area contributed by atoms with Crippen LogP contribution in [0.25, 0.3) is 44.4 Å². The monoisotopic (exact) mass is 825 g/mol. The maximum absolute atomic E-state index is 13.9. The van der Waals surface area contributed by atoms with Crippen LogP contribution in [0.3, 0.4) is 0 Å². The summed E-state index contributed by atoms with van der Waals surface area (Å²) in [7, 11) is 2.55. The van der Waals surface area contributed by atoms with E-state index in [4.69, 9.17) is 14.5 Å². The zero-order valence-electron chi connectivity index (χ0n) is 35.0. The molecule has 1 saturated carbocycles. The van der Waals surface area contributed by atoms with E-state index in [0.717, 1.165) is 69.5 Å². The lowest BCUT2D eigenvalue weighted by atomic mass is 9.98. The van der Waals surface area contributed by atoms with E-state index >= 15 is 0 Å². The fourth-order valence-electron chi connectivity index (χ4n) is 8.86. The molecule has 3 aliphatic rings. The summed E-state index contributed by atoms with van der Waals surface area (Å²) in [5.41, 5.74) is 5.80. The number of fused-ring (bicyclic) bond motifs is 1. The lowest BCUT2D eigenvalue weighted by Gasteiger charge is -2.30. The summed E-state index contributed by atoms with van der Waals surface area (Å²) in [5.74, 6) is 0.474. The number of carbonyl (C=O) groups is 4. The Balaban J connectivity index is 0.960. The lowest BCUT2D eigenvalue weighted by molar-refractivity contribution is -0.136. The third-order valence-electron chi connectivity index (χ3n) is 12.6. The molecule has 4 heterocycles. The Bertz CT molecular complexity index is 2500. The summed E-state index contributed by atoms with van der Waals surface area (Å²) in [6, 6.07) is 21.1. The van der Waals surface area contributed by atoms with Crippen molar-refractivity contribution in [3.63, 3.8) is 0 Å². The molecule has 15 heteroatoms. The zero-order chi connectivity index (χ0) is 43.0. The van der Waals surface area contributed by atoms with E-state index < -0.39 is 30.3 Å². The first kappa shape index (κ1) is 41.1. The molecule has 2 aliphatic heterocycles. The number of ether oxygens (including phenoxy) is 2. The highest BCUT2D eigenvalue weighted by molar-refractivity contribution is 5.91. The summed E-state index contributed by atoms with van der Waals surface area (Å²) < 4.78 is 9.52. The number of rotatable bonds is 11. The quantitative estimate of drug-likeness (QED) is 0.106. The van der Waals surface area contributed by atoms with E-state index in [1.165, 1.54) is 14.2 Å². The summed E-state index contributed by atoms with van der Waals surface area (Å²) in [6.07, 6.45) is 6.08. The molecule has 61 heavy (non-hydrogen) atoms. The number of aromatic nitrogens is 4. The van der Waals surface area contributed by atoms with Gasteiger partial charge >= 0.3 is 12.2 Å². The highest BCUT2D eigenvalue weighted by Gasteiger charge is 2.55. The van der Waals surface area contributed by atoms with Crippen LogP contribution in [-0.2, 0) is 19.1 Å². The van der Waals surface area contributed by atoms with Crippen molar-refractivity contribution < 1.29 is 28.7 Å². The number of nitriles is 1. The SMILES string of the molecule is CC[C@H](NC(=O)OC)C(=O)N1C[C@@H](C#N)C[C@H]1c1ncc(-c2ccc(-c3ccc4cc(-c5cnc([C@@H]6CC7(CC7)CN6C(=O)C(NC(=O)OC)C(C)C)[nH]5)ccc4c3)cc2)[nH]1. The smallest absolute Gasteiger partial charge is 0.407 e. The van der Waals surface area contributed by atoms with Crippen LogP contribution < -0.4 is 10.6 Å². The minimum absolute atomic E-state index is 0.111. The van der Waals surface area contributed by atoms with Crippen LogP contribution in [-0.4, -0.2) is 93.1 Å². The molecule has 4 amide bonds. The van der Waals surface area contributed by atoms with Crippen molar-refractivity contribution in [2.75, 3.05) is 27.3 Å².